The molecule has 0 atom stereocenters. The Hall–Kier alpha value is -2.90. The minimum absolute atomic E-state index is 0.0687. The molecule has 4 rings (SSSR count). The summed E-state index contributed by atoms with van der Waals surface area (Å²) >= 11 is 0. The van der Waals surface area contributed by atoms with E-state index in [1.54, 1.807) is 17.0 Å². The van der Waals surface area contributed by atoms with Crippen molar-refractivity contribution in [2.45, 2.75) is 38.5 Å². The molecular formula is C26H31N3O3S. The predicted octanol–water partition coefficient (Wildman–Crippen LogP) is 4.36. The minimum atomic E-state index is -3.56. The highest BCUT2D eigenvalue weighted by Crippen LogP contribution is 2.22. The second kappa shape index (κ2) is 9.15. The number of amides is 1. The molecule has 0 bridgehead atoms. The Bertz CT molecular complexity index is 1220. The van der Waals surface area contributed by atoms with Crippen LogP contribution in [0.3, 0.4) is 0 Å². The van der Waals surface area contributed by atoms with Crippen LogP contribution in [0.5, 0.6) is 0 Å². The second-order valence-electron chi connectivity index (χ2n) is 8.92. The van der Waals surface area contributed by atoms with E-state index < -0.39 is 10.0 Å². The number of nitrogens with zero attached hydrogens (tertiary/aromatic N) is 3. The summed E-state index contributed by atoms with van der Waals surface area (Å²) in [6, 6.07) is 18.8. The van der Waals surface area contributed by atoms with Crippen molar-refractivity contribution in [1.29, 1.82) is 0 Å². The summed E-state index contributed by atoms with van der Waals surface area (Å²) < 4.78 is 29.7. The third kappa shape index (κ3) is 4.61. The number of hydrogen-bond acceptors (Lipinski definition) is 3. The number of aromatic nitrogens is 1. The fraction of sp³-hybridized carbons (Fsp3) is 0.346. The molecule has 174 valence electrons. The van der Waals surface area contributed by atoms with E-state index in [1.807, 2.05) is 36.4 Å². The Morgan fingerprint density at radius 1 is 0.788 bits per heavy atom. The lowest BCUT2D eigenvalue weighted by atomic mass is 10.0. The third-order valence-electron chi connectivity index (χ3n) is 6.35. The smallest absolute Gasteiger partial charge is 0.253 e. The fourth-order valence-electron chi connectivity index (χ4n) is 4.32. The third-order valence-corrected chi connectivity index (χ3v) is 8.27. The lowest BCUT2D eigenvalue weighted by molar-refractivity contribution is 0.0698. The first-order valence-corrected chi connectivity index (χ1v) is 12.8. The van der Waals surface area contributed by atoms with Crippen LogP contribution in [0.4, 0.5) is 0 Å². The summed E-state index contributed by atoms with van der Waals surface area (Å²) in [5.74, 6) is 0.280. The summed E-state index contributed by atoms with van der Waals surface area (Å²) in [6.45, 7) is 9.60. The Labute approximate surface area is 196 Å². The van der Waals surface area contributed by atoms with Crippen molar-refractivity contribution in [2.24, 2.45) is 0 Å². The Kier molecular flexibility index (Phi) is 6.45. The Morgan fingerprint density at radius 3 is 1.85 bits per heavy atom. The molecule has 0 unspecified atom stereocenters. The van der Waals surface area contributed by atoms with Crippen LogP contribution >= 0.6 is 0 Å². The van der Waals surface area contributed by atoms with E-state index >= 15 is 0 Å². The molecule has 0 radical (unpaired) electrons. The number of carbonyl (C=O) groups excluding carboxylic acids is 1. The summed E-state index contributed by atoms with van der Waals surface area (Å²) in [4.78, 5) is 15.0. The molecule has 1 aliphatic heterocycles. The van der Waals surface area contributed by atoms with Gasteiger partial charge in [0.15, 0.2) is 0 Å². The van der Waals surface area contributed by atoms with Gasteiger partial charge in [0.25, 0.3) is 5.91 Å². The molecule has 1 fully saturated rings. The van der Waals surface area contributed by atoms with Crippen molar-refractivity contribution in [3.63, 3.8) is 0 Å². The molecule has 1 amide bonds. The summed E-state index contributed by atoms with van der Waals surface area (Å²) in [7, 11) is -3.56. The highest BCUT2D eigenvalue weighted by Gasteiger charge is 2.30. The average Bonchev–Trinajstić information content (AvgIpc) is 3.16. The van der Waals surface area contributed by atoms with E-state index in [0.29, 0.717) is 42.6 Å². The molecule has 2 aromatic carbocycles. The van der Waals surface area contributed by atoms with Gasteiger partial charge in [0.1, 0.15) is 0 Å². The van der Waals surface area contributed by atoms with Gasteiger partial charge < -0.3 is 9.47 Å². The predicted molar refractivity (Wildman–Crippen MR) is 130 cm³/mol. The van der Waals surface area contributed by atoms with Crippen LogP contribution in [0.15, 0.2) is 65.6 Å². The number of hydrogen-bond donors (Lipinski definition) is 0. The fourth-order valence-corrected chi connectivity index (χ4v) is 5.74. The Morgan fingerprint density at radius 2 is 1.33 bits per heavy atom. The molecule has 0 saturated carbocycles. The number of piperazine rings is 1. The van der Waals surface area contributed by atoms with E-state index in [0.717, 1.165) is 22.6 Å². The number of carbonyl (C=O) groups is 1. The van der Waals surface area contributed by atoms with Crippen molar-refractivity contribution < 1.29 is 13.2 Å². The Balaban J connectivity index is 1.41. The van der Waals surface area contributed by atoms with Gasteiger partial charge in [0, 0.05) is 48.8 Å². The highest BCUT2D eigenvalue weighted by molar-refractivity contribution is 7.89. The number of rotatable bonds is 5. The summed E-state index contributed by atoms with van der Waals surface area (Å²) in [6.07, 6.45) is 0. The zero-order chi connectivity index (χ0) is 23.8. The molecule has 1 aliphatic rings. The quantitative estimate of drug-likeness (QED) is 0.562. The van der Waals surface area contributed by atoms with Crippen LogP contribution in [0.1, 0.15) is 47.1 Å². The van der Waals surface area contributed by atoms with E-state index in [2.05, 4.69) is 44.4 Å². The van der Waals surface area contributed by atoms with Crippen LogP contribution in [0, 0.1) is 13.8 Å². The lowest BCUT2D eigenvalue weighted by Gasteiger charge is -2.34. The highest BCUT2D eigenvalue weighted by atomic mass is 32.2. The van der Waals surface area contributed by atoms with E-state index in [-0.39, 0.29) is 5.91 Å². The van der Waals surface area contributed by atoms with E-state index in [1.165, 1.54) is 4.31 Å². The maximum absolute atomic E-state index is 13.0. The van der Waals surface area contributed by atoms with Crippen LogP contribution < -0.4 is 0 Å². The normalized spacial score (nSPS) is 15.2. The molecule has 1 saturated heterocycles. The first kappa shape index (κ1) is 23.3. The minimum Gasteiger partial charge on any atom is -0.336 e. The van der Waals surface area contributed by atoms with Crippen molar-refractivity contribution in [2.75, 3.05) is 26.2 Å². The largest absolute Gasteiger partial charge is 0.336 e. The van der Waals surface area contributed by atoms with Gasteiger partial charge in [-0.15, -0.1) is 0 Å². The molecule has 2 heterocycles. The standard InChI is InChI=1S/C26H31N3O3S/c1-19(2)22-9-13-25(14-10-22)33(31,32)28-17-15-27(16-18-28)26(30)23-7-11-24(12-8-23)29-20(3)5-6-21(29)4/h5-14,19H,15-18H2,1-4H3. The van der Waals surface area contributed by atoms with Crippen molar-refractivity contribution in [1.82, 2.24) is 13.8 Å². The first-order valence-electron chi connectivity index (χ1n) is 11.3. The van der Waals surface area contributed by atoms with Gasteiger partial charge in [-0.2, -0.15) is 4.31 Å². The van der Waals surface area contributed by atoms with Gasteiger partial charge in [-0.25, -0.2) is 8.42 Å². The van der Waals surface area contributed by atoms with Gasteiger partial charge >= 0.3 is 0 Å². The summed E-state index contributed by atoms with van der Waals surface area (Å²) in [5.41, 5.74) is 5.02. The van der Waals surface area contributed by atoms with E-state index in [4.69, 9.17) is 0 Å². The average molecular weight is 466 g/mol. The number of benzene rings is 2. The topological polar surface area (TPSA) is 62.6 Å². The molecular weight excluding hydrogens is 434 g/mol. The van der Waals surface area contributed by atoms with Crippen LogP contribution in [0.2, 0.25) is 0 Å². The lowest BCUT2D eigenvalue weighted by Crippen LogP contribution is -2.50. The van der Waals surface area contributed by atoms with Gasteiger partial charge in [-0.3, -0.25) is 4.79 Å². The molecule has 0 N–H and O–H groups in total. The van der Waals surface area contributed by atoms with Crippen molar-refractivity contribution >= 4 is 15.9 Å². The molecule has 3 aromatic rings. The zero-order valence-corrected chi connectivity index (χ0v) is 20.5. The maximum Gasteiger partial charge on any atom is 0.253 e. The molecule has 6 nitrogen and oxygen atoms in total. The number of aryl methyl sites for hydroxylation is 2. The SMILES string of the molecule is Cc1ccc(C)n1-c1ccc(C(=O)N2CCN(S(=O)(=O)c3ccc(C(C)C)cc3)CC2)cc1. The molecule has 33 heavy (non-hydrogen) atoms. The van der Waals surface area contributed by atoms with Crippen molar-refractivity contribution in [3.8, 4) is 5.69 Å². The molecule has 0 aliphatic carbocycles. The summed E-state index contributed by atoms with van der Waals surface area (Å²) in [5, 5.41) is 0. The van der Waals surface area contributed by atoms with E-state index in [9.17, 15) is 13.2 Å². The first-order chi connectivity index (χ1) is 15.7. The van der Waals surface area contributed by atoms with Gasteiger partial charge in [-0.05, 0) is 73.9 Å². The van der Waals surface area contributed by atoms with Gasteiger partial charge in [-0.1, -0.05) is 26.0 Å². The zero-order valence-electron chi connectivity index (χ0n) is 19.7. The van der Waals surface area contributed by atoms with Gasteiger partial charge in [0.05, 0.1) is 4.90 Å². The number of sulfonamides is 1. The van der Waals surface area contributed by atoms with Crippen molar-refractivity contribution in [3.05, 3.63) is 83.2 Å². The van der Waals surface area contributed by atoms with Crippen LogP contribution in [-0.4, -0.2) is 54.3 Å². The second-order valence-corrected chi connectivity index (χ2v) is 10.9. The monoisotopic (exact) mass is 465 g/mol. The maximum atomic E-state index is 13.0. The van der Waals surface area contributed by atoms with Crippen LogP contribution in [-0.2, 0) is 10.0 Å². The molecule has 1 aromatic heterocycles. The van der Waals surface area contributed by atoms with Gasteiger partial charge in [0.2, 0.25) is 10.0 Å². The molecule has 0 spiro atoms. The van der Waals surface area contributed by atoms with Crippen LogP contribution in [0.25, 0.3) is 5.69 Å². The molecule has 7 heteroatoms.